The number of carbonyl (C=O) groups is 2. The zero-order valence-corrected chi connectivity index (χ0v) is 12.1. The molecular formula is C17H12ClNO2. The number of rotatable bonds is 1. The minimum Gasteiger partial charge on any atom is -0.268 e. The summed E-state index contributed by atoms with van der Waals surface area (Å²) in [5.41, 5.74) is 3.77. The predicted octanol–water partition coefficient (Wildman–Crippen LogP) is 4.24. The molecule has 0 unspecified atom stereocenters. The van der Waals surface area contributed by atoms with E-state index in [2.05, 4.69) is 0 Å². The van der Waals surface area contributed by atoms with E-state index in [4.69, 9.17) is 11.6 Å². The third-order valence-electron chi connectivity index (χ3n) is 3.43. The molecule has 0 fully saturated rings. The van der Waals surface area contributed by atoms with Gasteiger partial charge in [-0.05, 0) is 36.2 Å². The highest BCUT2D eigenvalue weighted by Crippen LogP contribution is 2.38. The van der Waals surface area contributed by atoms with Crippen molar-refractivity contribution >= 4 is 40.2 Å². The van der Waals surface area contributed by atoms with Gasteiger partial charge in [0, 0.05) is 5.56 Å². The highest BCUT2D eigenvalue weighted by molar-refractivity contribution is 6.70. The average molecular weight is 298 g/mol. The van der Waals surface area contributed by atoms with Gasteiger partial charge in [0.2, 0.25) is 0 Å². The van der Waals surface area contributed by atoms with Crippen LogP contribution in [0.5, 0.6) is 0 Å². The van der Waals surface area contributed by atoms with Crippen molar-refractivity contribution in [3.63, 3.8) is 0 Å². The van der Waals surface area contributed by atoms with Crippen molar-refractivity contribution in [2.45, 2.75) is 6.92 Å². The summed E-state index contributed by atoms with van der Waals surface area (Å²) in [5, 5.41) is -0.792. The SMILES string of the molecule is Cc1ccc(/C=C2/C(=O)N(C(=O)Cl)c3ccccc32)cc1. The molecule has 3 rings (SSSR count). The van der Waals surface area contributed by atoms with Gasteiger partial charge in [0.05, 0.1) is 11.3 Å². The van der Waals surface area contributed by atoms with Crippen molar-refractivity contribution < 1.29 is 9.59 Å². The molecular weight excluding hydrogens is 286 g/mol. The second kappa shape index (κ2) is 5.19. The van der Waals surface area contributed by atoms with Crippen molar-refractivity contribution in [1.29, 1.82) is 0 Å². The van der Waals surface area contributed by atoms with E-state index < -0.39 is 11.3 Å². The maximum Gasteiger partial charge on any atom is 0.327 e. The lowest BCUT2D eigenvalue weighted by Crippen LogP contribution is -2.28. The zero-order valence-electron chi connectivity index (χ0n) is 11.3. The summed E-state index contributed by atoms with van der Waals surface area (Å²) in [4.78, 5) is 24.9. The fourth-order valence-electron chi connectivity index (χ4n) is 2.38. The third kappa shape index (κ3) is 2.36. The lowest BCUT2D eigenvalue weighted by Gasteiger charge is -2.09. The lowest BCUT2D eigenvalue weighted by atomic mass is 10.0. The predicted molar refractivity (Wildman–Crippen MR) is 84.2 cm³/mol. The molecule has 0 saturated carbocycles. The monoisotopic (exact) mass is 297 g/mol. The first kappa shape index (κ1) is 13.6. The number of hydrogen-bond acceptors (Lipinski definition) is 2. The maximum atomic E-state index is 12.4. The number of halogens is 1. The minimum absolute atomic E-state index is 0.392. The fraction of sp³-hybridized carbons (Fsp3) is 0.0588. The molecule has 0 N–H and O–H groups in total. The Morgan fingerprint density at radius 2 is 1.76 bits per heavy atom. The summed E-state index contributed by atoms with van der Waals surface area (Å²) in [6.45, 7) is 2.00. The third-order valence-corrected chi connectivity index (χ3v) is 3.60. The normalized spacial score (nSPS) is 15.4. The van der Waals surface area contributed by atoms with Crippen molar-refractivity contribution in [3.05, 3.63) is 65.2 Å². The van der Waals surface area contributed by atoms with Gasteiger partial charge in [0.25, 0.3) is 5.91 Å². The van der Waals surface area contributed by atoms with Gasteiger partial charge in [-0.2, -0.15) is 0 Å². The summed E-state index contributed by atoms with van der Waals surface area (Å²) in [6, 6.07) is 14.9. The van der Waals surface area contributed by atoms with Gasteiger partial charge in [0.15, 0.2) is 0 Å². The van der Waals surface area contributed by atoms with Crippen LogP contribution in [0.4, 0.5) is 10.5 Å². The molecule has 2 amide bonds. The first-order chi connectivity index (χ1) is 10.1. The van der Waals surface area contributed by atoms with Crippen LogP contribution in [0.3, 0.4) is 0 Å². The summed E-state index contributed by atoms with van der Waals surface area (Å²) in [7, 11) is 0. The number of carbonyl (C=O) groups excluding carboxylic acids is 2. The molecule has 0 radical (unpaired) electrons. The van der Waals surface area contributed by atoms with E-state index >= 15 is 0 Å². The van der Waals surface area contributed by atoms with Crippen LogP contribution in [0.25, 0.3) is 11.6 Å². The molecule has 0 aliphatic carbocycles. The largest absolute Gasteiger partial charge is 0.327 e. The molecule has 0 saturated heterocycles. The van der Waals surface area contributed by atoms with Crippen LogP contribution in [-0.4, -0.2) is 11.3 Å². The van der Waals surface area contributed by atoms with E-state index in [-0.39, 0.29) is 0 Å². The van der Waals surface area contributed by atoms with Crippen molar-refractivity contribution in [3.8, 4) is 0 Å². The summed E-state index contributed by atoms with van der Waals surface area (Å²) in [5.74, 6) is -0.392. The van der Waals surface area contributed by atoms with Gasteiger partial charge in [0.1, 0.15) is 0 Å². The van der Waals surface area contributed by atoms with E-state index in [1.807, 2.05) is 43.3 Å². The van der Waals surface area contributed by atoms with Gasteiger partial charge < -0.3 is 0 Å². The number of benzene rings is 2. The number of imide groups is 1. The molecule has 0 aromatic heterocycles. The van der Waals surface area contributed by atoms with E-state index in [1.165, 1.54) is 0 Å². The molecule has 3 nitrogen and oxygen atoms in total. The van der Waals surface area contributed by atoms with Crippen LogP contribution in [0.1, 0.15) is 16.7 Å². The van der Waals surface area contributed by atoms with E-state index in [0.717, 1.165) is 21.6 Å². The fourth-order valence-corrected chi connectivity index (χ4v) is 2.55. The second-order valence-corrected chi connectivity index (χ2v) is 5.20. The summed E-state index contributed by atoms with van der Waals surface area (Å²) in [6.07, 6.45) is 1.78. The molecule has 21 heavy (non-hydrogen) atoms. The Labute approximate surface area is 127 Å². The Hall–Kier alpha value is -2.39. The number of para-hydroxylation sites is 1. The minimum atomic E-state index is -0.792. The number of fused-ring (bicyclic) bond motifs is 1. The number of anilines is 1. The lowest BCUT2D eigenvalue weighted by molar-refractivity contribution is -0.112. The van der Waals surface area contributed by atoms with Gasteiger partial charge in [-0.1, -0.05) is 48.0 Å². The molecule has 0 bridgehead atoms. The van der Waals surface area contributed by atoms with Gasteiger partial charge in [-0.25, -0.2) is 4.90 Å². The van der Waals surface area contributed by atoms with Crippen molar-refractivity contribution in [1.82, 2.24) is 0 Å². The summed E-state index contributed by atoms with van der Waals surface area (Å²) < 4.78 is 0. The Morgan fingerprint density at radius 3 is 2.43 bits per heavy atom. The zero-order chi connectivity index (χ0) is 15.0. The molecule has 0 spiro atoms. The standard InChI is InChI=1S/C17H12ClNO2/c1-11-6-8-12(9-7-11)10-14-13-4-2-3-5-15(13)19(16(14)20)17(18)21/h2-10H,1H3/b14-10+. The smallest absolute Gasteiger partial charge is 0.268 e. The number of amides is 2. The second-order valence-electron chi connectivity index (χ2n) is 4.88. The van der Waals surface area contributed by atoms with E-state index in [0.29, 0.717) is 11.3 Å². The molecule has 1 heterocycles. The van der Waals surface area contributed by atoms with Gasteiger partial charge in [-0.15, -0.1) is 0 Å². The Bertz CT molecular complexity index is 763. The maximum absolute atomic E-state index is 12.4. The number of hydrogen-bond donors (Lipinski definition) is 0. The highest BCUT2D eigenvalue weighted by atomic mass is 35.5. The Balaban J connectivity index is 2.13. The molecule has 2 aromatic carbocycles. The summed E-state index contributed by atoms with van der Waals surface area (Å²) >= 11 is 5.53. The van der Waals surface area contributed by atoms with Crippen LogP contribution in [-0.2, 0) is 4.79 Å². The average Bonchev–Trinajstić information content (AvgIpc) is 2.74. The van der Waals surface area contributed by atoms with Crippen LogP contribution < -0.4 is 4.90 Å². The first-order valence-electron chi connectivity index (χ1n) is 6.49. The number of aryl methyl sites for hydroxylation is 1. The van der Waals surface area contributed by atoms with Crippen molar-refractivity contribution in [2.75, 3.05) is 4.90 Å². The number of nitrogens with zero attached hydrogens (tertiary/aromatic N) is 1. The van der Waals surface area contributed by atoms with Gasteiger partial charge >= 0.3 is 5.37 Å². The quantitative estimate of drug-likeness (QED) is 0.448. The topological polar surface area (TPSA) is 37.4 Å². The Morgan fingerprint density at radius 1 is 1.10 bits per heavy atom. The molecule has 2 aromatic rings. The van der Waals surface area contributed by atoms with E-state index in [1.54, 1.807) is 18.2 Å². The molecule has 0 atom stereocenters. The molecule has 1 aliphatic rings. The Kier molecular flexibility index (Phi) is 3.35. The van der Waals surface area contributed by atoms with Crippen LogP contribution in [0.2, 0.25) is 0 Å². The first-order valence-corrected chi connectivity index (χ1v) is 6.87. The van der Waals surface area contributed by atoms with Crippen molar-refractivity contribution in [2.24, 2.45) is 0 Å². The van der Waals surface area contributed by atoms with E-state index in [9.17, 15) is 9.59 Å². The molecule has 104 valence electrons. The van der Waals surface area contributed by atoms with Crippen LogP contribution in [0, 0.1) is 6.92 Å². The molecule has 4 heteroatoms. The highest BCUT2D eigenvalue weighted by Gasteiger charge is 2.35. The van der Waals surface area contributed by atoms with Crippen LogP contribution in [0.15, 0.2) is 48.5 Å². The molecule has 1 aliphatic heterocycles. The van der Waals surface area contributed by atoms with Gasteiger partial charge in [-0.3, -0.25) is 9.59 Å². The van der Waals surface area contributed by atoms with Crippen LogP contribution >= 0.6 is 11.6 Å².